The largest absolute Gasteiger partial charge is 0.399 e. The second kappa shape index (κ2) is 6.86. The number of rotatable bonds is 3. The van der Waals surface area contributed by atoms with E-state index in [1.807, 2.05) is 18.2 Å². The van der Waals surface area contributed by atoms with Gasteiger partial charge in [-0.3, -0.25) is 5.01 Å². The molecule has 1 heterocycles. The smallest absolute Gasteiger partial charge is 0.0831 e. The van der Waals surface area contributed by atoms with E-state index >= 15 is 0 Å². The Morgan fingerprint density at radius 1 is 0.750 bits per heavy atom. The van der Waals surface area contributed by atoms with Crippen molar-refractivity contribution in [1.82, 2.24) is 0 Å². The van der Waals surface area contributed by atoms with Gasteiger partial charge >= 0.3 is 0 Å². The lowest BCUT2D eigenvalue weighted by atomic mass is 9.96. The third kappa shape index (κ3) is 3.01. The van der Waals surface area contributed by atoms with Crippen LogP contribution in [-0.4, -0.2) is 5.71 Å². The van der Waals surface area contributed by atoms with E-state index in [2.05, 4.69) is 83.9 Å². The van der Waals surface area contributed by atoms with E-state index in [-0.39, 0.29) is 6.04 Å². The number of hydrogen-bond acceptors (Lipinski definition) is 3. The van der Waals surface area contributed by atoms with Crippen LogP contribution in [0.5, 0.6) is 0 Å². The van der Waals surface area contributed by atoms with E-state index in [4.69, 9.17) is 10.8 Å². The third-order valence-corrected chi connectivity index (χ3v) is 5.34. The first-order valence-electron chi connectivity index (χ1n) is 9.54. The molecular formula is C25H21N3. The lowest BCUT2D eigenvalue weighted by molar-refractivity contribution is 0.709. The molecule has 2 N–H and O–H groups in total. The fraction of sp³-hybridized carbons (Fsp3) is 0.0800. The summed E-state index contributed by atoms with van der Waals surface area (Å²) < 4.78 is 0. The van der Waals surface area contributed by atoms with Gasteiger partial charge in [-0.2, -0.15) is 5.10 Å². The van der Waals surface area contributed by atoms with Gasteiger partial charge in [-0.15, -0.1) is 0 Å². The molecule has 0 aliphatic carbocycles. The molecule has 1 unspecified atom stereocenters. The predicted octanol–water partition coefficient (Wildman–Crippen LogP) is 5.78. The van der Waals surface area contributed by atoms with Gasteiger partial charge in [0.25, 0.3) is 0 Å². The van der Waals surface area contributed by atoms with Gasteiger partial charge in [0.1, 0.15) is 0 Å². The first-order chi connectivity index (χ1) is 13.8. The molecule has 0 saturated carbocycles. The Morgan fingerprint density at radius 3 is 2.25 bits per heavy atom. The average molecular weight is 363 g/mol. The van der Waals surface area contributed by atoms with Crippen LogP contribution in [0.1, 0.15) is 23.6 Å². The summed E-state index contributed by atoms with van der Waals surface area (Å²) in [5, 5.41) is 9.66. The quantitative estimate of drug-likeness (QED) is 0.469. The van der Waals surface area contributed by atoms with Crippen LogP contribution in [0.4, 0.5) is 11.4 Å². The van der Waals surface area contributed by atoms with E-state index in [0.29, 0.717) is 0 Å². The second-order valence-electron chi connectivity index (χ2n) is 7.18. The summed E-state index contributed by atoms with van der Waals surface area (Å²) in [5.41, 5.74) is 11.3. The van der Waals surface area contributed by atoms with Gasteiger partial charge in [-0.1, -0.05) is 66.7 Å². The highest BCUT2D eigenvalue weighted by molar-refractivity contribution is 6.05. The number of nitrogens with zero attached hydrogens (tertiary/aromatic N) is 2. The molecule has 4 aromatic carbocycles. The molecule has 4 aromatic rings. The van der Waals surface area contributed by atoms with Crippen LogP contribution < -0.4 is 10.7 Å². The van der Waals surface area contributed by atoms with Gasteiger partial charge in [-0.05, 0) is 52.2 Å². The summed E-state index contributed by atoms with van der Waals surface area (Å²) in [6, 6.07) is 33.7. The van der Waals surface area contributed by atoms with E-state index in [9.17, 15) is 0 Å². The first-order valence-corrected chi connectivity index (χ1v) is 9.54. The topological polar surface area (TPSA) is 41.6 Å². The maximum absolute atomic E-state index is 5.90. The lowest BCUT2D eigenvalue weighted by Gasteiger charge is -2.24. The zero-order chi connectivity index (χ0) is 18.9. The van der Waals surface area contributed by atoms with Gasteiger partial charge in [0.05, 0.1) is 17.4 Å². The maximum Gasteiger partial charge on any atom is 0.0831 e. The van der Waals surface area contributed by atoms with Crippen LogP contribution in [0, 0.1) is 0 Å². The molecule has 0 bridgehead atoms. The van der Waals surface area contributed by atoms with E-state index in [0.717, 1.165) is 23.5 Å². The van der Waals surface area contributed by atoms with Gasteiger partial charge < -0.3 is 5.73 Å². The fourth-order valence-electron chi connectivity index (χ4n) is 3.85. The van der Waals surface area contributed by atoms with E-state index in [1.54, 1.807) is 0 Å². The molecule has 3 heteroatoms. The van der Waals surface area contributed by atoms with E-state index in [1.165, 1.54) is 21.9 Å². The minimum atomic E-state index is 0.157. The molecule has 28 heavy (non-hydrogen) atoms. The Morgan fingerprint density at radius 2 is 1.46 bits per heavy atom. The number of hydrogen-bond donors (Lipinski definition) is 1. The van der Waals surface area contributed by atoms with Crippen molar-refractivity contribution in [3.8, 4) is 0 Å². The first kappa shape index (κ1) is 16.6. The van der Waals surface area contributed by atoms with Crippen molar-refractivity contribution in [3.63, 3.8) is 0 Å². The van der Waals surface area contributed by atoms with Crippen molar-refractivity contribution in [1.29, 1.82) is 0 Å². The molecule has 0 amide bonds. The highest BCUT2D eigenvalue weighted by Crippen LogP contribution is 2.37. The Hall–Kier alpha value is -3.59. The average Bonchev–Trinajstić information content (AvgIpc) is 3.20. The zero-order valence-electron chi connectivity index (χ0n) is 15.5. The van der Waals surface area contributed by atoms with Gasteiger partial charge in [0.2, 0.25) is 0 Å². The summed E-state index contributed by atoms with van der Waals surface area (Å²) in [4.78, 5) is 0. The number of hydrazone groups is 1. The molecule has 0 aromatic heterocycles. The van der Waals surface area contributed by atoms with Crippen molar-refractivity contribution in [2.45, 2.75) is 12.5 Å². The van der Waals surface area contributed by atoms with Crippen LogP contribution in [0.3, 0.4) is 0 Å². The summed E-state index contributed by atoms with van der Waals surface area (Å²) in [6.45, 7) is 0. The molecule has 136 valence electrons. The molecule has 1 atom stereocenters. The number of anilines is 2. The Kier molecular flexibility index (Phi) is 4.06. The van der Waals surface area contributed by atoms with Crippen LogP contribution in [0.25, 0.3) is 10.8 Å². The Labute approximate surface area is 164 Å². The van der Waals surface area contributed by atoms with Crippen molar-refractivity contribution in [3.05, 3.63) is 108 Å². The molecule has 3 nitrogen and oxygen atoms in total. The minimum absolute atomic E-state index is 0.157. The maximum atomic E-state index is 5.90. The van der Waals surface area contributed by atoms with Crippen LogP contribution >= 0.6 is 0 Å². The monoisotopic (exact) mass is 363 g/mol. The highest BCUT2D eigenvalue weighted by Gasteiger charge is 2.29. The van der Waals surface area contributed by atoms with E-state index < -0.39 is 0 Å². The number of nitrogen functional groups attached to an aromatic ring is 1. The van der Waals surface area contributed by atoms with Gasteiger partial charge in [0, 0.05) is 12.1 Å². The molecular weight excluding hydrogens is 342 g/mol. The molecule has 1 aliphatic rings. The summed E-state index contributed by atoms with van der Waals surface area (Å²) in [7, 11) is 0. The minimum Gasteiger partial charge on any atom is -0.399 e. The van der Waals surface area contributed by atoms with Crippen molar-refractivity contribution < 1.29 is 0 Å². The van der Waals surface area contributed by atoms with Crippen molar-refractivity contribution >= 4 is 27.9 Å². The number of fused-ring (bicyclic) bond motifs is 1. The Bertz CT molecular complexity index is 1150. The number of benzene rings is 4. The van der Waals surface area contributed by atoms with Gasteiger partial charge in [0.15, 0.2) is 0 Å². The molecule has 1 aliphatic heterocycles. The lowest BCUT2D eigenvalue weighted by Crippen LogP contribution is -2.18. The highest BCUT2D eigenvalue weighted by atomic mass is 15.5. The molecule has 0 radical (unpaired) electrons. The molecule has 0 spiro atoms. The van der Waals surface area contributed by atoms with Crippen molar-refractivity contribution in [2.24, 2.45) is 5.10 Å². The van der Waals surface area contributed by atoms with Crippen LogP contribution in [-0.2, 0) is 0 Å². The summed E-state index contributed by atoms with van der Waals surface area (Å²) >= 11 is 0. The fourth-order valence-corrected chi connectivity index (χ4v) is 3.85. The third-order valence-electron chi connectivity index (χ3n) is 5.34. The number of nitrogens with two attached hydrogens (primary N) is 1. The standard InChI is InChI=1S/C25H21N3/c26-22-14-12-19(13-15-22)25-17-24(27-28(25)23-8-2-1-3-9-23)21-11-10-18-6-4-5-7-20(18)16-21/h1-16,25H,17,26H2. The Balaban J connectivity index is 1.57. The normalized spacial score (nSPS) is 16.4. The van der Waals surface area contributed by atoms with Crippen LogP contribution in [0.15, 0.2) is 102 Å². The predicted molar refractivity (Wildman–Crippen MR) is 118 cm³/mol. The SMILES string of the molecule is Nc1ccc(C2CC(c3ccc4ccccc4c3)=NN2c2ccccc2)cc1. The van der Waals surface area contributed by atoms with Gasteiger partial charge in [-0.25, -0.2) is 0 Å². The van der Waals surface area contributed by atoms with Crippen molar-refractivity contribution in [2.75, 3.05) is 10.7 Å². The second-order valence-corrected chi connectivity index (χ2v) is 7.18. The summed E-state index contributed by atoms with van der Waals surface area (Å²) in [5.74, 6) is 0. The molecule has 0 saturated heterocycles. The summed E-state index contributed by atoms with van der Waals surface area (Å²) in [6.07, 6.45) is 0.858. The molecule has 5 rings (SSSR count). The molecule has 0 fully saturated rings. The number of para-hydroxylation sites is 1. The zero-order valence-corrected chi connectivity index (χ0v) is 15.5. The van der Waals surface area contributed by atoms with Crippen LogP contribution in [0.2, 0.25) is 0 Å².